The lowest BCUT2D eigenvalue weighted by atomic mass is 9.93. The zero-order valence-corrected chi connectivity index (χ0v) is 12.8. The van der Waals surface area contributed by atoms with Crippen molar-refractivity contribution in [3.05, 3.63) is 30.1 Å². The number of hydrogen-bond donors (Lipinski definition) is 1. The number of hydrogen-bond acceptors (Lipinski definition) is 4. The monoisotopic (exact) mass is 312 g/mol. The van der Waals surface area contributed by atoms with Gasteiger partial charge in [0.2, 0.25) is 10.0 Å². The van der Waals surface area contributed by atoms with E-state index in [0.29, 0.717) is 19.3 Å². The quantitative estimate of drug-likeness (QED) is 0.881. The maximum absolute atomic E-state index is 12.4. The molecule has 0 spiro atoms. The Hall–Kier alpha value is -1.47. The normalized spacial score (nSPS) is 23.9. The number of nitrogens with zero attached hydrogens (tertiary/aromatic N) is 2. The molecule has 0 bridgehead atoms. The van der Waals surface area contributed by atoms with Gasteiger partial charge in [-0.3, -0.25) is 9.78 Å². The molecule has 1 aromatic heterocycles. The fourth-order valence-electron chi connectivity index (χ4n) is 2.70. The molecular formula is C14H20N2O4S. The molecule has 2 heterocycles. The van der Waals surface area contributed by atoms with Gasteiger partial charge in [-0.25, -0.2) is 8.42 Å². The van der Waals surface area contributed by atoms with E-state index in [4.69, 9.17) is 5.11 Å². The smallest absolute Gasteiger partial charge is 0.306 e. The Morgan fingerprint density at radius 3 is 2.67 bits per heavy atom. The van der Waals surface area contributed by atoms with E-state index in [0.717, 1.165) is 5.56 Å². The van der Waals surface area contributed by atoms with Crippen LogP contribution in [0.1, 0.15) is 25.3 Å². The van der Waals surface area contributed by atoms with Gasteiger partial charge < -0.3 is 5.11 Å². The summed E-state index contributed by atoms with van der Waals surface area (Å²) in [4.78, 5) is 14.9. The lowest BCUT2D eigenvalue weighted by molar-refractivity contribution is -0.143. The van der Waals surface area contributed by atoms with Crippen LogP contribution in [0.3, 0.4) is 0 Å². The summed E-state index contributed by atoms with van der Waals surface area (Å²) in [7, 11) is -3.36. The van der Waals surface area contributed by atoms with Crippen LogP contribution in [-0.2, 0) is 21.2 Å². The van der Waals surface area contributed by atoms with Gasteiger partial charge in [-0.15, -0.1) is 0 Å². The highest BCUT2D eigenvalue weighted by molar-refractivity contribution is 7.89. The summed E-state index contributed by atoms with van der Waals surface area (Å²) in [6, 6.07) is 3.34. The minimum Gasteiger partial charge on any atom is -0.481 e. The van der Waals surface area contributed by atoms with Gasteiger partial charge in [0.15, 0.2) is 0 Å². The van der Waals surface area contributed by atoms with Crippen LogP contribution in [-0.4, -0.2) is 47.1 Å². The molecule has 1 saturated heterocycles. The summed E-state index contributed by atoms with van der Waals surface area (Å²) < 4.78 is 26.3. The maximum Gasteiger partial charge on any atom is 0.306 e. The van der Waals surface area contributed by atoms with Crippen molar-refractivity contribution in [2.24, 2.45) is 5.92 Å². The van der Waals surface area contributed by atoms with Gasteiger partial charge in [-0.1, -0.05) is 0 Å². The highest BCUT2D eigenvalue weighted by atomic mass is 32.2. The molecule has 1 aromatic rings. The highest BCUT2D eigenvalue weighted by Gasteiger charge is 2.35. The molecule has 1 fully saturated rings. The van der Waals surface area contributed by atoms with Crippen LogP contribution < -0.4 is 0 Å². The second-order valence-electron chi connectivity index (χ2n) is 5.44. The third-order valence-corrected chi connectivity index (χ3v) is 5.90. The van der Waals surface area contributed by atoms with Crippen LogP contribution >= 0.6 is 0 Å². The van der Waals surface area contributed by atoms with Crippen molar-refractivity contribution in [2.75, 3.05) is 12.3 Å². The summed E-state index contributed by atoms with van der Waals surface area (Å²) >= 11 is 0. The van der Waals surface area contributed by atoms with Crippen molar-refractivity contribution in [1.29, 1.82) is 0 Å². The Morgan fingerprint density at radius 1 is 1.43 bits per heavy atom. The summed E-state index contributed by atoms with van der Waals surface area (Å²) in [5, 5.41) is 9.02. The number of piperidine rings is 1. The van der Waals surface area contributed by atoms with Crippen LogP contribution in [0.4, 0.5) is 0 Å². The first-order valence-corrected chi connectivity index (χ1v) is 8.62. The minimum atomic E-state index is -3.36. The molecule has 2 unspecified atom stereocenters. The Morgan fingerprint density at radius 2 is 2.10 bits per heavy atom. The van der Waals surface area contributed by atoms with E-state index in [1.54, 1.807) is 31.5 Å². The van der Waals surface area contributed by atoms with Gasteiger partial charge in [-0.2, -0.15) is 4.31 Å². The van der Waals surface area contributed by atoms with E-state index in [1.165, 1.54) is 4.31 Å². The van der Waals surface area contributed by atoms with Crippen molar-refractivity contribution >= 4 is 16.0 Å². The first kappa shape index (κ1) is 15.9. The third kappa shape index (κ3) is 4.01. The van der Waals surface area contributed by atoms with Gasteiger partial charge >= 0.3 is 5.97 Å². The van der Waals surface area contributed by atoms with Crippen molar-refractivity contribution in [1.82, 2.24) is 9.29 Å². The molecule has 1 aliphatic rings. The topological polar surface area (TPSA) is 87.6 Å². The van der Waals surface area contributed by atoms with E-state index in [9.17, 15) is 13.2 Å². The molecule has 0 amide bonds. The van der Waals surface area contributed by atoms with E-state index < -0.39 is 21.9 Å². The summed E-state index contributed by atoms with van der Waals surface area (Å²) in [6.07, 6.45) is 4.49. The maximum atomic E-state index is 12.4. The Balaban J connectivity index is 1.98. The number of carbonyl (C=O) groups is 1. The van der Waals surface area contributed by atoms with Crippen LogP contribution in [0.5, 0.6) is 0 Å². The molecule has 0 aliphatic carbocycles. The van der Waals surface area contributed by atoms with E-state index in [2.05, 4.69) is 4.98 Å². The average molecular weight is 312 g/mol. The number of pyridine rings is 1. The van der Waals surface area contributed by atoms with Gasteiger partial charge in [0.25, 0.3) is 0 Å². The Kier molecular flexibility index (Phi) is 4.95. The standard InChI is InChI=1S/C14H20N2O4S/c1-11-10-13(14(17)18)4-8-16(11)21(19,20)9-5-12-2-6-15-7-3-12/h2-3,6-7,11,13H,4-5,8-10H2,1H3,(H,17,18). The predicted octanol–water partition coefficient (Wildman–Crippen LogP) is 1.14. The lowest BCUT2D eigenvalue weighted by Crippen LogP contribution is -2.47. The number of carboxylic acid groups (broad SMARTS) is 1. The highest BCUT2D eigenvalue weighted by Crippen LogP contribution is 2.25. The first-order valence-electron chi connectivity index (χ1n) is 7.01. The largest absolute Gasteiger partial charge is 0.481 e. The van der Waals surface area contributed by atoms with Crippen LogP contribution in [0.2, 0.25) is 0 Å². The van der Waals surface area contributed by atoms with Crippen molar-refractivity contribution < 1.29 is 18.3 Å². The van der Waals surface area contributed by atoms with Gasteiger partial charge in [0.1, 0.15) is 0 Å². The zero-order valence-electron chi connectivity index (χ0n) is 12.0. The van der Waals surface area contributed by atoms with Crippen molar-refractivity contribution in [2.45, 2.75) is 32.2 Å². The van der Waals surface area contributed by atoms with E-state index >= 15 is 0 Å². The van der Waals surface area contributed by atoms with E-state index in [-0.39, 0.29) is 18.3 Å². The molecule has 1 N–H and O–H groups in total. The summed E-state index contributed by atoms with van der Waals surface area (Å²) in [5.41, 5.74) is 0.932. The Bertz CT molecular complexity index is 588. The second-order valence-corrected chi connectivity index (χ2v) is 7.48. The fourth-order valence-corrected chi connectivity index (χ4v) is 4.45. The fraction of sp³-hybridized carbons (Fsp3) is 0.571. The second kappa shape index (κ2) is 6.53. The van der Waals surface area contributed by atoms with Gasteiger partial charge in [0.05, 0.1) is 11.7 Å². The molecule has 0 saturated carbocycles. The number of rotatable bonds is 5. The van der Waals surface area contributed by atoms with Crippen LogP contribution in [0.15, 0.2) is 24.5 Å². The van der Waals surface area contributed by atoms with Crippen LogP contribution in [0.25, 0.3) is 0 Å². The molecular weight excluding hydrogens is 292 g/mol. The molecule has 0 aromatic carbocycles. The minimum absolute atomic E-state index is 0.0408. The molecule has 21 heavy (non-hydrogen) atoms. The average Bonchev–Trinajstić information content (AvgIpc) is 2.46. The van der Waals surface area contributed by atoms with Gasteiger partial charge in [-0.05, 0) is 43.9 Å². The predicted molar refractivity (Wildman–Crippen MR) is 78.3 cm³/mol. The van der Waals surface area contributed by atoms with Crippen LogP contribution in [0, 0.1) is 5.92 Å². The van der Waals surface area contributed by atoms with Crippen molar-refractivity contribution in [3.63, 3.8) is 0 Å². The number of aryl methyl sites for hydroxylation is 1. The zero-order chi connectivity index (χ0) is 15.5. The lowest BCUT2D eigenvalue weighted by Gasteiger charge is -2.35. The molecule has 116 valence electrons. The molecule has 0 radical (unpaired) electrons. The van der Waals surface area contributed by atoms with Crippen molar-refractivity contribution in [3.8, 4) is 0 Å². The third-order valence-electron chi connectivity index (χ3n) is 3.92. The van der Waals surface area contributed by atoms with Gasteiger partial charge in [0, 0.05) is 25.0 Å². The Labute approximate surface area is 124 Å². The SMILES string of the molecule is CC1CC(C(=O)O)CCN1S(=O)(=O)CCc1ccncc1. The molecule has 6 nitrogen and oxygen atoms in total. The first-order chi connectivity index (χ1) is 9.90. The number of aliphatic carboxylic acids is 1. The molecule has 7 heteroatoms. The molecule has 2 atom stereocenters. The number of carboxylic acids is 1. The van der Waals surface area contributed by atoms with E-state index in [1.807, 2.05) is 0 Å². The summed E-state index contributed by atoms with van der Waals surface area (Å²) in [6.45, 7) is 2.07. The molecule has 2 rings (SSSR count). The number of aromatic nitrogens is 1. The molecule has 1 aliphatic heterocycles. The summed E-state index contributed by atoms with van der Waals surface area (Å²) in [5.74, 6) is -1.23. The number of sulfonamides is 1.